The third-order valence-corrected chi connectivity index (χ3v) is 4.14. The zero-order chi connectivity index (χ0) is 20.3. The van der Waals surface area contributed by atoms with E-state index in [0.29, 0.717) is 44.5 Å². The summed E-state index contributed by atoms with van der Waals surface area (Å²) in [6.07, 6.45) is 2.29. The molecule has 0 unspecified atom stereocenters. The van der Waals surface area contributed by atoms with Crippen LogP contribution in [0.4, 0.5) is 5.69 Å². The maximum Gasteiger partial charge on any atom is 0.256 e. The van der Waals surface area contributed by atoms with Gasteiger partial charge in [0.25, 0.3) is 5.91 Å². The average molecular weight is 380 g/mol. The van der Waals surface area contributed by atoms with Gasteiger partial charge in [0.2, 0.25) is 0 Å². The fourth-order valence-electron chi connectivity index (χ4n) is 3.19. The maximum atomic E-state index is 13.2. The second kappa shape index (κ2) is 12.0. The molecule has 0 bridgehead atoms. The number of ether oxygens (including phenoxy) is 3. The van der Waals surface area contributed by atoms with E-state index in [-0.39, 0.29) is 5.91 Å². The number of carbonyl (C=O) groups excluding carboxylic acids is 1. The second-order valence-corrected chi connectivity index (χ2v) is 7.86. The summed E-state index contributed by atoms with van der Waals surface area (Å²) in [5, 5.41) is 3.05. The summed E-state index contributed by atoms with van der Waals surface area (Å²) < 4.78 is 16.7. The van der Waals surface area contributed by atoms with Gasteiger partial charge in [-0.1, -0.05) is 34.6 Å². The van der Waals surface area contributed by atoms with Crippen LogP contribution in [0, 0.1) is 11.8 Å². The molecule has 5 heteroatoms. The molecular formula is C22H37NO4. The summed E-state index contributed by atoms with van der Waals surface area (Å²) in [6, 6.07) is 7.42. The van der Waals surface area contributed by atoms with E-state index in [0.717, 1.165) is 17.9 Å². The van der Waals surface area contributed by atoms with Gasteiger partial charge >= 0.3 is 0 Å². The largest absolute Gasteiger partial charge is 0.491 e. The molecule has 5 nitrogen and oxygen atoms in total. The highest BCUT2D eigenvalue weighted by Gasteiger charge is 2.40. The van der Waals surface area contributed by atoms with Gasteiger partial charge in [-0.2, -0.15) is 0 Å². The van der Waals surface area contributed by atoms with Crippen molar-refractivity contribution < 1.29 is 19.0 Å². The lowest BCUT2D eigenvalue weighted by atomic mass is 9.83. The van der Waals surface area contributed by atoms with Crippen molar-refractivity contribution >= 4 is 11.6 Å². The highest BCUT2D eigenvalue weighted by atomic mass is 16.5. The molecule has 0 aliphatic heterocycles. The molecule has 1 aromatic rings. The number of amides is 1. The fraction of sp³-hybridized carbons (Fsp3) is 0.682. The number of carbonyl (C=O) groups is 1. The van der Waals surface area contributed by atoms with Crippen molar-refractivity contribution in [3.8, 4) is 5.75 Å². The Hall–Kier alpha value is -1.59. The molecule has 27 heavy (non-hydrogen) atoms. The van der Waals surface area contributed by atoms with Crippen LogP contribution < -0.4 is 10.1 Å². The summed E-state index contributed by atoms with van der Waals surface area (Å²) >= 11 is 0. The molecule has 1 N–H and O–H groups in total. The van der Waals surface area contributed by atoms with Crippen LogP contribution in [-0.2, 0) is 14.3 Å². The SMILES string of the molecule is CCCOC(CC(C)C)(CC(C)C)C(=O)Nc1ccc(OCCOC)cc1. The molecular weight excluding hydrogens is 342 g/mol. The van der Waals surface area contributed by atoms with Crippen LogP contribution in [0.25, 0.3) is 0 Å². The molecule has 0 heterocycles. The standard InChI is InChI=1S/C22H37NO4/c1-7-12-27-22(15-17(2)3,16-18(4)5)21(24)23-19-8-10-20(11-9-19)26-14-13-25-6/h8-11,17-18H,7,12-16H2,1-6H3,(H,23,24). The molecule has 0 saturated heterocycles. The molecule has 0 aromatic heterocycles. The molecule has 0 atom stereocenters. The molecule has 154 valence electrons. The molecule has 1 rings (SSSR count). The third kappa shape index (κ3) is 8.31. The molecule has 0 saturated carbocycles. The van der Waals surface area contributed by atoms with E-state index >= 15 is 0 Å². The van der Waals surface area contributed by atoms with Gasteiger partial charge in [0.05, 0.1) is 6.61 Å². The molecule has 0 radical (unpaired) electrons. The lowest BCUT2D eigenvalue weighted by molar-refractivity contribution is -0.147. The summed E-state index contributed by atoms with van der Waals surface area (Å²) in [5.41, 5.74) is -0.0533. The first kappa shape index (κ1) is 23.4. The van der Waals surface area contributed by atoms with E-state index in [2.05, 4.69) is 39.9 Å². The van der Waals surface area contributed by atoms with Crippen LogP contribution in [0.2, 0.25) is 0 Å². The molecule has 0 aliphatic carbocycles. The normalized spacial score (nSPS) is 11.9. The van der Waals surface area contributed by atoms with Gasteiger partial charge in [0.15, 0.2) is 0 Å². The Bertz CT molecular complexity index is 530. The minimum Gasteiger partial charge on any atom is -0.491 e. The van der Waals surface area contributed by atoms with Gasteiger partial charge in [0, 0.05) is 19.4 Å². The van der Waals surface area contributed by atoms with Crippen LogP contribution in [0.3, 0.4) is 0 Å². The van der Waals surface area contributed by atoms with Crippen molar-refractivity contribution in [2.45, 2.75) is 59.5 Å². The molecule has 1 amide bonds. The van der Waals surface area contributed by atoms with Gasteiger partial charge in [-0.3, -0.25) is 4.79 Å². The molecule has 0 fully saturated rings. The van der Waals surface area contributed by atoms with Crippen molar-refractivity contribution in [2.24, 2.45) is 11.8 Å². The van der Waals surface area contributed by atoms with E-state index in [1.165, 1.54) is 0 Å². The number of benzene rings is 1. The highest BCUT2D eigenvalue weighted by Crippen LogP contribution is 2.31. The minimum absolute atomic E-state index is 0.0635. The van der Waals surface area contributed by atoms with Gasteiger partial charge in [-0.05, 0) is 55.4 Å². The van der Waals surface area contributed by atoms with Gasteiger partial charge in [0.1, 0.15) is 18.0 Å². The Kier molecular flexibility index (Phi) is 10.4. The molecule has 0 aliphatic rings. The van der Waals surface area contributed by atoms with Crippen LogP contribution in [-0.4, -0.2) is 38.4 Å². The van der Waals surface area contributed by atoms with Gasteiger partial charge in [-0.15, -0.1) is 0 Å². The summed E-state index contributed by atoms with van der Waals surface area (Å²) in [7, 11) is 1.64. The Labute approximate surface area is 164 Å². The first-order valence-corrected chi connectivity index (χ1v) is 10.00. The molecule has 0 spiro atoms. The summed E-state index contributed by atoms with van der Waals surface area (Å²) in [4.78, 5) is 13.2. The van der Waals surface area contributed by atoms with E-state index in [1.54, 1.807) is 7.11 Å². The monoisotopic (exact) mass is 379 g/mol. The van der Waals surface area contributed by atoms with Crippen molar-refractivity contribution in [3.63, 3.8) is 0 Å². The van der Waals surface area contributed by atoms with E-state index in [9.17, 15) is 4.79 Å². The number of hydrogen-bond acceptors (Lipinski definition) is 4. The predicted octanol–water partition coefficient (Wildman–Crippen LogP) is 4.91. The zero-order valence-corrected chi connectivity index (χ0v) is 17.8. The Morgan fingerprint density at radius 3 is 2.07 bits per heavy atom. The van der Waals surface area contributed by atoms with Crippen LogP contribution in [0.5, 0.6) is 5.75 Å². The van der Waals surface area contributed by atoms with Crippen LogP contribution in [0.1, 0.15) is 53.9 Å². The van der Waals surface area contributed by atoms with E-state index in [1.807, 2.05) is 24.3 Å². The lowest BCUT2D eigenvalue weighted by Gasteiger charge is -2.35. The predicted molar refractivity (Wildman–Crippen MR) is 110 cm³/mol. The lowest BCUT2D eigenvalue weighted by Crippen LogP contribution is -2.47. The topological polar surface area (TPSA) is 56.8 Å². The number of anilines is 1. The minimum atomic E-state index is -0.800. The average Bonchev–Trinajstić information content (AvgIpc) is 2.60. The van der Waals surface area contributed by atoms with Crippen molar-refractivity contribution in [1.29, 1.82) is 0 Å². The van der Waals surface area contributed by atoms with E-state index in [4.69, 9.17) is 14.2 Å². The van der Waals surface area contributed by atoms with Crippen molar-refractivity contribution in [3.05, 3.63) is 24.3 Å². The summed E-state index contributed by atoms with van der Waals surface area (Å²) in [6.45, 7) is 12.2. The first-order valence-electron chi connectivity index (χ1n) is 10.00. The number of nitrogens with one attached hydrogen (secondary N) is 1. The van der Waals surface area contributed by atoms with Crippen molar-refractivity contribution in [2.75, 3.05) is 32.2 Å². The first-order chi connectivity index (χ1) is 12.8. The van der Waals surface area contributed by atoms with Gasteiger partial charge in [-0.25, -0.2) is 0 Å². The van der Waals surface area contributed by atoms with Gasteiger partial charge < -0.3 is 19.5 Å². The Morgan fingerprint density at radius 1 is 1.00 bits per heavy atom. The van der Waals surface area contributed by atoms with Crippen LogP contribution >= 0.6 is 0 Å². The highest BCUT2D eigenvalue weighted by molar-refractivity contribution is 5.97. The zero-order valence-electron chi connectivity index (χ0n) is 17.8. The summed E-state index contributed by atoms with van der Waals surface area (Å²) in [5.74, 6) is 1.42. The van der Waals surface area contributed by atoms with Crippen LogP contribution in [0.15, 0.2) is 24.3 Å². The second-order valence-electron chi connectivity index (χ2n) is 7.86. The van der Waals surface area contributed by atoms with E-state index < -0.39 is 5.60 Å². The smallest absolute Gasteiger partial charge is 0.256 e. The number of methoxy groups -OCH3 is 1. The Morgan fingerprint density at radius 2 is 1.59 bits per heavy atom. The number of rotatable bonds is 13. The number of hydrogen-bond donors (Lipinski definition) is 1. The third-order valence-electron chi connectivity index (χ3n) is 4.14. The quantitative estimate of drug-likeness (QED) is 0.495. The van der Waals surface area contributed by atoms with Crippen molar-refractivity contribution in [1.82, 2.24) is 0 Å². The Balaban J connectivity index is 2.90. The maximum absolute atomic E-state index is 13.2. The molecule has 1 aromatic carbocycles. The fourth-order valence-corrected chi connectivity index (χ4v) is 3.19.